The fraction of sp³-hybridized carbons (Fsp3) is 0.280. The number of hydrogen-bond donors (Lipinski definition) is 1. The molecule has 8 nitrogen and oxygen atoms in total. The van der Waals surface area contributed by atoms with Gasteiger partial charge in [0.2, 0.25) is 5.95 Å². The van der Waals surface area contributed by atoms with E-state index in [1.165, 1.54) is 6.26 Å². The lowest BCUT2D eigenvalue weighted by atomic mass is 10.1. The smallest absolute Gasteiger partial charge is 0.229 e. The van der Waals surface area contributed by atoms with Crippen LogP contribution >= 0.6 is 0 Å². The molecule has 0 unspecified atom stereocenters. The fourth-order valence-electron chi connectivity index (χ4n) is 3.81. The summed E-state index contributed by atoms with van der Waals surface area (Å²) in [5, 5.41) is 4.19. The number of ether oxygens (including phenoxy) is 1. The fourth-order valence-corrected chi connectivity index (χ4v) is 4.44. The molecule has 0 spiro atoms. The van der Waals surface area contributed by atoms with Crippen LogP contribution in [0.2, 0.25) is 0 Å². The van der Waals surface area contributed by atoms with Gasteiger partial charge in [-0.2, -0.15) is 4.98 Å². The van der Waals surface area contributed by atoms with Gasteiger partial charge in [-0.25, -0.2) is 13.4 Å². The second-order valence-electron chi connectivity index (χ2n) is 8.48. The highest BCUT2D eigenvalue weighted by molar-refractivity contribution is 7.90. The molecule has 0 aliphatic carbocycles. The van der Waals surface area contributed by atoms with Gasteiger partial charge in [0.1, 0.15) is 11.4 Å². The van der Waals surface area contributed by atoms with Crippen molar-refractivity contribution in [2.24, 2.45) is 0 Å². The molecule has 2 heterocycles. The van der Waals surface area contributed by atoms with Crippen molar-refractivity contribution in [1.82, 2.24) is 19.4 Å². The molecule has 0 aliphatic heterocycles. The first-order valence-electron chi connectivity index (χ1n) is 11.0. The molecular weight excluding hydrogens is 450 g/mol. The number of nitrogens with one attached hydrogen (secondary N) is 1. The highest BCUT2D eigenvalue weighted by Gasteiger charge is 2.11. The molecule has 0 bridgehead atoms. The molecule has 0 aliphatic rings. The zero-order valence-electron chi connectivity index (χ0n) is 19.8. The van der Waals surface area contributed by atoms with Gasteiger partial charge < -0.3 is 19.5 Å². The minimum Gasteiger partial charge on any atom is -0.496 e. The Labute approximate surface area is 200 Å². The van der Waals surface area contributed by atoms with Gasteiger partial charge in [-0.3, -0.25) is 0 Å². The summed E-state index contributed by atoms with van der Waals surface area (Å²) in [7, 11) is 2.57. The van der Waals surface area contributed by atoms with Crippen molar-refractivity contribution in [3.63, 3.8) is 0 Å². The number of hydrogen-bond acceptors (Lipinski definition) is 7. The molecule has 0 saturated heterocycles. The van der Waals surface area contributed by atoms with Crippen molar-refractivity contribution in [1.29, 1.82) is 0 Å². The van der Waals surface area contributed by atoms with E-state index < -0.39 is 9.84 Å². The van der Waals surface area contributed by atoms with Gasteiger partial charge in [0, 0.05) is 35.4 Å². The number of fused-ring (bicyclic) bond motifs is 1. The van der Waals surface area contributed by atoms with Crippen LogP contribution in [0.3, 0.4) is 0 Å². The lowest BCUT2D eigenvalue weighted by molar-refractivity contribution is 0.391. The van der Waals surface area contributed by atoms with Gasteiger partial charge >= 0.3 is 0 Å². The Hall–Kier alpha value is -3.43. The topological polar surface area (TPSA) is 89.3 Å². The third-order valence-electron chi connectivity index (χ3n) is 5.56. The van der Waals surface area contributed by atoms with Crippen LogP contribution in [0.1, 0.15) is 12.0 Å². The van der Waals surface area contributed by atoms with Crippen LogP contribution in [0.5, 0.6) is 5.75 Å². The second kappa shape index (κ2) is 9.82. The molecule has 9 heteroatoms. The number of rotatable bonds is 9. The number of nitrogens with zero attached hydrogens (tertiary/aromatic N) is 4. The maximum atomic E-state index is 11.8. The number of sulfone groups is 1. The minimum absolute atomic E-state index is 0.283. The lowest BCUT2D eigenvalue weighted by Gasteiger charge is -2.13. The number of aryl methyl sites for hydroxylation is 1. The first kappa shape index (κ1) is 23.7. The van der Waals surface area contributed by atoms with E-state index in [0.717, 1.165) is 53.1 Å². The molecule has 0 atom stereocenters. The summed E-state index contributed by atoms with van der Waals surface area (Å²) in [6, 6.07) is 14.7. The van der Waals surface area contributed by atoms with E-state index in [4.69, 9.17) is 9.72 Å². The molecule has 1 N–H and O–H groups in total. The molecule has 2 aromatic carbocycles. The summed E-state index contributed by atoms with van der Waals surface area (Å²) in [6.45, 7) is 1.00. The molecular formula is C25H29N5O3S. The van der Waals surface area contributed by atoms with Gasteiger partial charge in [0.05, 0.1) is 12.0 Å². The predicted octanol–water partition coefficient (Wildman–Crippen LogP) is 4.07. The standard InChI is InChI=1S/C25H29N5O3S/c1-29(2)14-5-6-18-16-20(7-12-23(18)33-3)27-25-26-17-19-13-15-30(24(19)28-25)21-8-10-22(11-9-21)34(4,31)32/h7-13,15-17H,5-6,14H2,1-4H3,(H,26,27,28). The predicted molar refractivity (Wildman–Crippen MR) is 135 cm³/mol. The molecule has 4 aromatic rings. The molecule has 0 amide bonds. The molecule has 0 radical (unpaired) electrons. The van der Waals surface area contributed by atoms with Crippen LogP contribution in [-0.2, 0) is 16.3 Å². The van der Waals surface area contributed by atoms with Gasteiger partial charge in [0.25, 0.3) is 0 Å². The number of aromatic nitrogens is 3. The average molecular weight is 480 g/mol. The minimum atomic E-state index is -3.25. The number of methoxy groups -OCH3 is 1. The van der Waals surface area contributed by atoms with Gasteiger partial charge in [-0.15, -0.1) is 0 Å². The molecule has 4 rings (SSSR count). The summed E-state index contributed by atoms with van der Waals surface area (Å²) in [4.78, 5) is 11.6. The summed E-state index contributed by atoms with van der Waals surface area (Å²) in [6.07, 6.45) is 6.80. The normalized spacial score (nSPS) is 11.8. The van der Waals surface area contributed by atoms with E-state index in [1.54, 1.807) is 37.6 Å². The SMILES string of the molecule is COc1ccc(Nc2ncc3ccn(-c4ccc(S(C)(=O)=O)cc4)c3n2)cc1CCCN(C)C. The van der Waals surface area contributed by atoms with Crippen LogP contribution < -0.4 is 10.1 Å². The van der Waals surface area contributed by atoms with Crippen molar-refractivity contribution in [3.05, 3.63) is 66.5 Å². The Kier molecular flexibility index (Phi) is 6.85. The monoisotopic (exact) mass is 479 g/mol. The third-order valence-corrected chi connectivity index (χ3v) is 6.69. The third kappa shape index (κ3) is 5.37. The average Bonchev–Trinajstić information content (AvgIpc) is 3.22. The van der Waals surface area contributed by atoms with E-state index in [2.05, 4.69) is 35.4 Å². The molecule has 2 aromatic heterocycles. The summed E-state index contributed by atoms with van der Waals surface area (Å²) in [5.74, 6) is 1.34. The van der Waals surface area contributed by atoms with Gasteiger partial charge in [-0.1, -0.05) is 0 Å². The second-order valence-corrected chi connectivity index (χ2v) is 10.5. The van der Waals surface area contributed by atoms with Crippen LogP contribution in [0, 0.1) is 0 Å². The number of benzene rings is 2. The van der Waals surface area contributed by atoms with Crippen molar-refractivity contribution >= 4 is 32.5 Å². The van der Waals surface area contributed by atoms with Crippen LogP contribution in [0.25, 0.3) is 16.7 Å². The number of anilines is 2. The zero-order chi connectivity index (χ0) is 24.3. The Morgan fingerprint density at radius 1 is 1.09 bits per heavy atom. The van der Waals surface area contributed by atoms with Crippen molar-refractivity contribution < 1.29 is 13.2 Å². The first-order valence-corrected chi connectivity index (χ1v) is 12.9. The summed E-state index contributed by atoms with van der Waals surface area (Å²) in [5.41, 5.74) is 3.56. The molecule has 178 valence electrons. The lowest BCUT2D eigenvalue weighted by Crippen LogP contribution is -2.13. The van der Waals surface area contributed by atoms with E-state index in [0.29, 0.717) is 5.95 Å². The Morgan fingerprint density at radius 3 is 2.53 bits per heavy atom. The van der Waals surface area contributed by atoms with Gasteiger partial charge in [-0.05, 0) is 87.6 Å². The van der Waals surface area contributed by atoms with Crippen molar-refractivity contribution in [2.75, 3.05) is 39.3 Å². The van der Waals surface area contributed by atoms with Crippen molar-refractivity contribution in [3.8, 4) is 11.4 Å². The molecule has 34 heavy (non-hydrogen) atoms. The van der Waals surface area contributed by atoms with Crippen LogP contribution in [0.15, 0.2) is 65.8 Å². The molecule has 0 saturated carbocycles. The van der Waals surface area contributed by atoms with E-state index in [9.17, 15) is 8.42 Å². The largest absolute Gasteiger partial charge is 0.496 e. The van der Waals surface area contributed by atoms with Crippen LogP contribution in [-0.4, -0.2) is 61.9 Å². The Morgan fingerprint density at radius 2 is 1.85 bits per heavy atom. The first-order chi connectivity index (χ1) is 16.2. The highest BCUT2D eigenvalue weighted by atomic mass is 32.2. The van der Waals surface area contributed by atoms with E-state index in [1.807, 2.05) is 29.0 Å². The van der Waals surface area contributed by atoms with E-state index in [-0.39, 0.29) is 4.90 Å². The maximum Gasteiger partial charge on any atom is 0.229 e. The van der Waals surface area contributed by atoms with Gasteiger partial charge in [0.15, 0.2) is 9.84 Å². The van der Waals surface area contributed by atoms with E-state index >= 15 is 0 Å². The Balaban J connectivity index is 1.60. The summed E-state index contributed by atoms with van der Waals surface area (Å²) < 4.78 is 31.0. The highest BCUT2D eigenvalue weighted by Crippen LogP contribution is 2.26. The quantitative estimate of drug-likeness (QED) is 0.387. The zero-order valence-corrected chi connectivity index (χ0v) is 20.6. The van der Waals surface area contributed by atoms with Crippen LogP contribution in [0.4, 0.5) is 11.6 Å². The maximum absolute atomic E-state index is 11.8. The molecule has 0 fully saturated rings. The summed E-state index contributed by atoms with van der Waals surface area (Å²) >= 11 is 0. The Bertz CT molecular complexity index is 1400. The van der Waals surface area contributed by atoms with Crippen molar-refractivity contribution in [2.45, 2.75) is 17.7 Å².